The third kappa shape index (κ3) is 4.17. The first kappa shape index (κ1) is 17.6. The molecule has 23 heavy (non-hydrogen) atoms. The van der Waals surface area contributed by atoms with Crippen molar-refractivity contribution in [3.05, 3.63) is 58.3 Å². The molecule has 1 aromatic carbocycles. The minimum atomic E-state index is -3.38. The van der Waals surface area contributed by atoms with Gasteiger partial charge in [0.15, 0.2) is 9.84 Å². The Labute approximate surface area is 144 Å². The quantitative estimate of drug-likeness (QED) is 0.861. The third-order valence-electron chi connectivity index (χ3n) is 3.34. The van der Waals surface area contributed by atoms with Crippen molar-refractivity contribution in [3.63, 3.8) is 0 Å². The van der Waals surface area contributed by atoms with E-state index in [0.29, 0.717) is 10.2 Å². The van der Waals surface area contributed by atoms with Crippen molar-refractivity contribution in [1.82, 2.24) is 10.3 Å². The van der Waals surface area contributed by atoms with Crippen LogP contribution in [0.4, 0.5) is 0 Å². The Balaban J connectivity index is 2.34. The summed E-state index contributed by atoms with van der Waals surface area (Å²) in [6, 6.07) is 9.84. The van der Waals surface area contributed by atoms with Gasteiger partial charge in [-0.1, -0.05) is 6.07 Å². The number of carbonyl (C=O) groups is 1. The van der Waals surface area contributed by atoms with Gasteiger partial charge in [0.2, 0.25) is 0 Å². The molecule has 0 spiro atoms. The molecule has 1 heterocycles. The molecule has 1 aromatic heterocycles. The van der Waals surface area contributed by atoms with Gasteiger partial charge in [-0.25, -0.2) is 8.42 Å². The Bertz CT molecular complexity index is 834. The van der Waals surface area contributed by atoms with Crippen molar-refractivity contribution in [2.24, 2.45) is 0 Å². The topological polar surface area (TPSA) is 76.1 Å². The highest BCUT2D eigenvalue weighted by Gasteiger charge is 2.26. The van der Waals surface area contributed by atoms with Crippen LogP contribution in [0, 0.1) is 0 Å². The standard InChI is InChI=1S/C16H17BrN2O3S/c1-16(2,14-6-4-5-9-18-14)19-15(20)12-10-11(23(3,21)22)7-8-13(12)17/h4-10H,1-3H3,(H,19,20). The van der Waals surface area contributed by atoms with Crippen LogP contribution in [-0.4, -0.2) is 25.6 Å². The lowest BCUT2D eigenvalue weighted by Gasteiger charge is -2.26. The lowest BCUT2D eigenvalue weighted by atomic mass is 9.99. The summed E-state index contributed by atoms with van der Waals surface area (Å²) in [5.74, 6) is -0.377. The second-order valence-corrected chi connectivity index (χ2v) is 8.58. The maximum absolute atomic E-state index is 12.6. The summed E-state index contributed by atoms with van der Waals surface area (Å²) in [7, 11) is -3.38. The van der Waals surface area contributed by atoms with Gasteiger partial charge in [-0.15, -0.1) is 0 Å². The number of pyridine rings is 1. The molecule has 0 bridgehead atoms. The van der Waals surface area contributed by atoms with Crippen LogP contribution in [0.25, 0.3) is 0 Å². The molecule has 0 saturated heterocycles. The zero-order valence-corrected chi connectivity index (χ0v) is 15.4. The molecular weight excluding hydrogens is 380 g/mol. The van der Waals surface area contributed by atoms with Gasteiger partial charge in [0.05, 0.1) is 21.7 Å². The minimum Gasteiger partial charge on any atom is -0.341 e. The number of rotatable bonds is 4. The van der Waals surface area contributed by atoms with Gasteiger partial charge >= 0.3 is 0 Å². The zero-order chi connectivity index (χ0) is 17.3. The van der Waals surface area contributed by atoms with E-state index in [9.17, 15) is 13.2 Å². The Kier molecular flexibility index (Phi) is 4.91. The number of benzene rings is 1. The van der Waals surface area contributed by atoms with E-state index in [-0.39, 0.29) is 16.4 Å². The van der Waals surface area contributed by atoms with Gasteiger partial charge < -0.3 is 5.32 Å². The smallest absolute Gasteiger partial charge is 0.253 e. The second-order valence-electron chi connectivity index (χ2n) is 5.71. The third-order valence-corrected chi connectivity index (χ3v) is 5.14. The number of sulfone groups is 1. The van der Waals surface area contributed by atoms with Crippen LogP contribution >= 0.6 is 15.9 Å². The predicted octanol–water partition coefficient (Wildman–Crippen LogP) is 2.91. The summed E-state index contributed by atoms with van der Waals surface area (Å²) in [5, 5.41) is 2.88. The molecule has 1 amide bonds. The second kappa shape index (κ2) is 6.41. The molecule has 5 nitrogen and oxygen atoms in total. The van der Waals surface area contributed by atoms with E-state index in [0.717, 1.165) is 6.26 Å². The van der Waals surface area contributed by atoms with Crippen molar-refractivity contribution >= 4 is 31.7 Å². The number of hydrogen-bond acceptors (Lipinski definition) is 4. The maximum atomic E-state index is 12.6. The van der Waals surface area contributed by atoms with E-state index in [1.807, 2.05) is 26.0 Å². The molecule has 0 fully saturated rings. The molecule has 0 unspecified atom stereocenters. The van der Waals surface area contributed by atoms with E-state index in [4.69, 9.17) is 0 Å². The lowest BCUT2D eigenvalue weighted by molar-refractivity contribution is 0.0909. The summed E-state index contributed by atoms with van der Waals surface area (Å²) in [6.07, 6.45) is 2.76. The molecule has 2 aromatic rings. The fourth-order valence-corrected chi connectivity index (χ4v) is 3.13. The first-order chi connectivity index (χ1) is 10.6. The predicted molar refractivity (Wildman–Crippen MR) is 92.0 cm³/mol. The molecule has 0 radical (unpaired) electrons. The highest BCUT2D eigenvalue weighted by Crippen LogP contribution is 2.23. The lowest BCUT2D eigenvalue weighted by Crippen LogP contribution is -2.41. The monoisotopic (exact) mass is 396 g/mol. The molecule has 1 N–H and O–H groups in total. The van der Waals surface area contributed by atoms with Gasteiger partial charge in [-0.2, -0.15) is 0 Å². The fraction of sp³-hybridized carbons (Fsp3) is 0.250. The average molecular weight is 397 g/mol. The first-order valence-corrected chi connectivity index (χ1v) is 9.53. The number of nitrogens with one attached hydrogen (secondary N) is 1. The summed E-state index contributed by atoms with van der Waals surface area (Å²) in [4.78, 5) is 16.9. The van der Waals surface area contributed by atoms with Crippen molar-refractivity contribution in [3.8, 4) is 0 Å². The summed E-state index contributed by atoms with van der Waals surface area (Å²) >= 11 is 3.29. The van der Waals surface area contributed by atoms with Crippen LogP contribution in [0.15, 0.2) is 52.0 Å². The van der Waals surface area contributed by atoms with Crippen LogP contribution in [0.5, 0.6) is 0 Å². The molecule has 0 saturated carbocycles. The molecule has 7 heteroatoms. The average Bonchev–Trinajstić information content (AvgIpc) is 2.47. The molecule has 122 valence electrons. The number of halogens is 1. The van der Waals surface area contributed by atoms with Gasteiger partial charge in [0, 0.05) is 16.9 Å². The molecule has 0 atom stereocenters. The Morgan fingerprint density at radius 2 is 1.91 bits per heavy atom. The molecule has 0 aliphatic rings. The number of hydrogen-bond donors (Lipinski definition) is 1. The highest BCUT2D eigenvalue weighted by molar-refractivity contribution is 9.10. The Morgan fingerprint density at radius 3 is 2.48 bits per heavy atom. The van der Waals surface area contributed by atoms with Crippen LogP contribution in [0.1, 0.15) is 29.9 Å². The van der Waals surface area contributed by atoms with E-state index in [1.165, 1.54) is 12.1 Å². The van der Waals surface area contributed by atoms with Crippen molar-refractivity contribution in [1.29, 1.82) is 0 Å². The molecule has 2 rings (SSSR count). The van der Waals surface area contributed by atoms with Crippen LogP contribution in [0.2, 0.25) is 0 Å². The fourth-order valence-electron chi connectivity index (χ4n) is 2.06. The minimum absolute atomic E-state index is 0.0986. The maximum Gasteiger partial charge on any atom is 0.253 e. The zero-order valence-electron chi connectivity index (χ0n) is 13.0. The van der Waals surface area contributed by atoms with Crippen molar-refractivity contribution in [2.75, 3.05) is 6.26 Å². The summed E-state index contributed by atoms with van der Waals surface area (Å²) in [6.45, 7) is 3.67. The number of aromatic nitrogens is 1. The molecular formula is C16H17BrN2O3S. The SMILES string of the molecule is CC(C)(NC(=O)c1cc(S(C)(=O)=O)ccc1Br)c1ccccn1. The van der Waals surface area contributed by atoms with Gasteiger partial charge in [-0.05, 0) is 60.1 Å². The van der Waals surface area contributed by atoms with E-state index < -0.39 is 15.4 Å². The van der Waals surface area contributed by atoms with Crippen LogP contribution in [-0.2, 0) is 15.4 Å². The van der Waals surface area contributed by atoms with Crippen molar-refractivity contribution in [2.45, 2.75) is 24.3 Å². The van der Waals surface area contributed by atoms with Gasteiger partial charge in [0.25, 0.3) is 5.91 Å². The number of amides is 1. The largest absolute Gasteiger partial charge is 0.341 e. The number of carbonyl (C=O) groups excluding carboxylic acids is 1. The van der Waals surface area contributed by atoms with E-state index in [2.05, 4.69) is 26.2 Å². The van der Waals surface area contributed by atoms with Crippen LogP contribution in [0.3, 0.4) is 0 Å². The normalized spacial score (nSPS) is 12.0. The summed E-state index contributed by atoms with van der Waals surface area (Å²) < 4.78 is 23.9. The highest BCUT2D eigenvalue weighted by atomic mass is 79.9. The van der Waals surface area contributed by atoms with Crippen molar-refractivity contribution < 1.29 is 13.2 Å². The van der Waals surface area contributed by atoms with E-state index >= 15 is 0 Å². The first-order valence-electron chi connectivity index (χ1n) is 6.85. The summed E-state index contributed by atoms with van der Waals surface area (Å²) in [5.41, 5.74) is 0.277. The number of nitrogens with zero attached hydrogens (tertiary/aromatic N) is 1. The molecule has 0 aliphatic heterocycles. The Morgan fingerprint density at radius 1 is 1.22 bits per heavy atom. The van der Waals surface area contributed by atoms with Crippen LogP contribution < -0.4 is 5.32 Å². The Hall–Kier alpha value is -1.73. The van der Waals surface area contributed by atoms with Gasteiger partial charge in [-0.3, -0.25) is 9.78 Å². The molecule has 0 aliphatic carbocycles. The van der Waals surface area contributed by atoms with E-state index in [1.54, 1.807) is 18.3 Å². The van der Waals surface area contributed by atoms with Gasteiger partial charge in [0.1, 0.15) is 0 Å².